The van der Waals surface area contributed by atoms with Crippen molar-refractivity contribution in [2.24, 2.45) is 5.73 Å². The van der Waals surface area contributed by atoms with Gasteiger partial charge in [-0.2, -0.15) is 10.2 Å². The van der Waals surface area contributed by atoms with Gasteiger partial charge >= 0.3 is 0 Å². The number of nitrogens with one attached hydrogen (secondary N) is 1. The Morgan fingerprint density at radius 3 is 2.91 bits per heavy atom. The number of fused-ring (bicyclic) bond motifs is 1. The van der Waals surface area contributed by atoms with Gasteiger partial charge in [0.15, 0.2) is 0 Å². The summed E-state index contributed by atoms with van der Waals surface area (Å²) in [4.78, 5) is 17.9. The molecule has 3 N–H and O–H groups in total. The van der Waals surface area contributed by atoms with E-state index in [2.05, 4.69) is 9.97 Å². The van der Waals surface area contributed by atoms with E-state index in [1.54, 1.807) is 25.1 Å². The highest BCUT2D eigenvalue weighted by Gasteiger charge is 2.36. The van der Waals surface area contributed by atoms with Gasteiger partial charge in [-0.15, -0.1) is 0 Å². The van der Waals surface area contributed by atoms with Crippen LogP contribution in [-0.2, 0) is 0 Å². The van der Waals surface area contributed by atoms with Gasteiger partial charge in [0.25, 0.3) is 5.69 Å². The van der Waals surface area contributed by atoms with Crippen molar-refractivity contribution < 1.29 is 9.66 Å². The molecule has 2 aromatic rings. The van der Waals surface area contributed by atoms with E-state index in [9.17, 15) is 15.4 Å². The third kappa shape index (κ3) is 1.96. The number of aromatic nitrogens is 2. The van der Waals surface area contributed by atoms with Gasteiger partial charge in [-0.3, -0.25) is 10.1 Å². The summed E-state index contributed by atoms with van der Waals surface area (Å²) >= 11 is 0. The van der Waals surface area contributed by atoms with Crippen molar-refractivity contribution in [1.29, 1.82) is 5.26 Å². The first-order valence-electron chi connectivity index (χ1n) is 6.40. The summed E-state index contributed by atoms with van der Waals surface area (Å²) in [5.74, 6) is -0.000994. The number of nitriles is 1. The number of rotatable bonds is 2. The van der Waals surface area contributed by atoms with Gasteiger partial charge in [0.1, 0.15) is 17.5 Å². The second-order valence-corrected chi connectivity index (χ2v) is 4.78. The number of nitro benzene ring substituents is 1. The van der Waals surface area contributed by atoms with E-state index in [1.165, 1.54) is 6.07 Å². The monoisotopic (exact) mass is 297 g/mol. The molecular weight excluding hydrogens is 286 g/mol. The number of aromatic amines is 1. The number of H-pyrrole nitrogens is 1. The van der Waals surface area contributed by atoms with Crippen LogP contribution in [0.2, 0.25) is 0 Å². The molecule has 8 nitrogen and oxygen atoms in total. The second-order valence-electron chi connectivity index (χ2n) is 4.78. The number of allylic oxidation sites excluding steroid dienone is 1. The fourth-order valence-corrected chi connectivity index (χ4v) is 2.54. The predicted octanol–water partition coefficient (Wildman–Crippen LogP) is 1.84. The topological polar surface area (TPSA) is 131 Å². The van der Waals surface area contributed by atoms with Gasteiger partial charge in [-0.1, -0.05) is 18.2 Å². The minimum absolute atomic E-state index is 0.0897. The Kier molecular flexibility index (Phi) is 3.03. The zero-order chi connectivity index (χ0) is 15.9. The van der Waals surface area contributed by atoms with Gasteiger partial charge in [0, 0.05) is 11.6 Å². The average molecular weight is 297 g/mol. The highest BCUT2D eigenvalue weighted by molar-refractivity contribution is 5.57. The standard InChI is InChI=1S/C14H11N5O3/c1-7-17-12-11(8-4-2-3-5-10(8)19(20)21)9(6-15)13(16)22-14(12)18-7/h2-5,11H,16H2,1H3,(H,17,18)/t11-/m0/s1. The normalized spacial score (nSPS) is 16.6. The number of ether oxygens (including phenoxy) is 1. The first-order chi connectivity index (χ1) is 10.5. The lowest BCUT2D eigenvalue weighted by atomic mass is 9.87. The second kappa shape index (κ2) is 4.89. The number of nitrogens with zero attached hydrogens (tertiary/aromatic N) is 3. The van der Waals surface area contributed by atoms with Crippen LogP contribution in [0.1, 0.15) is 23.0 Å². The Labute approximate surface area is 125 Å². The molecule has 110 valence electrons. The summed E-state index contributed by atoms with van der Waals surface area (Å²) in [7, 11) is 0. The van der Waals surface area contributed by atoms with E-state index in [-0.39, 0.29) is 23.0 Å². The van der Waals surface area contributed by atoms with Gasteiger partial charge in [0.05, 0.1) is 16.5 Å². The molecule has 1 aromatic carbocycles. The van der Waals surface area contributed by atoms with Crippen LogP contribution in [0.3, 0.4) is 0 Å². The molecule has 22 heavy (non-hydrogen) atoms. The van der Waals surface area contributed by atoms with Crippen molar-refractivity contribution in [2.75, 3.05) is 0 Å². The van der Waals surface area contributed by atoms with Crippen molar-refractivity contribution >= 4 is 5.69 Å². The van der Waals surface area contributed by atoms with Crippen LogP contribution < -0.4 is 10.5 Å². The number of hydrogen-bond acceptors (Lipinski definition) is 6. The van der Waals surface area contributed by atoms with Gasteiger partial charge in [-0.05, 0) is 6.92 Å². The molecule has 0 saturated heterocycles. The summed E-state index contributed by atoms with van der Waals surface area (Å²) < 4.78 is 5.33. The van der Waals surface area contributed by atoms with E-state index >= 15 is 0 Å². The molecule has 8 heteroatoms. The molecule has 0 aliphatic carbocycles. The summed E-state index contributed by atoms with van der Waals surface area (Å²) in [6.45, 7) is 1.72. The highest BCUT2D eigenvalue weighted by atomic mass is 16.6. The minimum Gasteiger partial charge on any atom is -0.420 e. The lowest BCUT2D eigenvalue weighted by Crippen LogP contribution is -2.21. The van der Waals surface area contributed by atoms with E-state index in [0.717, 1.165) is 0 Å². The Morgan fingerprint density at radius 2 is 2.23 bits per heavy atom. The maximum absolute atomic E-state index is 11.3. The zero-order valence-corrected chi connectivity index (χ0v) is 11.5. The molecule has 1 aliphatic rings. The molecule has 0 spiro atoms. The van der Waals surface area contributed by atoms with Crippen molar-refractivity contribution in [3.8, 4) is 11.9 Å². The average Bonchev–Trinajstić information content (AvgIpc) is 2.85. The lowest BCUT2D eigenvalue weighted by molar-refractivity contribution is -0.385. The zero-order valence-electron chi connectivity index (χ0n) is 11.5. The molecule has 0 radical (unpaired) electrons. The number of aryl methyl sites for hydroxylation is 1. The van der Waals surface area contributed by atoms with Gasteiger partial charge in [-0.25, -0.2) is 0 Å². The fraction of sp³-hybridized carbons (Fsp3) is 0.143. The number of nitrogens with two attached hydrogens (primary N) is 1. The summed E-state index contributed by atoms with van der Waals surface area (Å²) in [5.41, 5.74) is 6.65. The smallest absolute Gasteiger partial charge is 0.273 e. The van der Waals surface area contributed by atoms with Crippen LogP contribution in [-0.4, -0.2) is 14.9 Å². The van der Waals surface area contributed by atoms with E-state index < -0.39 is 10.8 Å². The number of para-hydroxylation sites is 1. The summed E-state index contributed by atoms with van der Waals surface area (Å²) in [6.07, 6.45) is 0. The van der Waals surface area contributed by atoms with Crippen molar-refractivity contribution in [1.82, 2.24) is 9.97 Å². The first kappa shape index (κ1) is 13.6. The molecule has 0 unspecified atom stereocenters. The number of hydrogen-bond donors (Lipinski definition) is 2. The third-order valence-corrected chi connectivity index (χ3v) is 3.43. The Balaban J connectivity index is 2.28. The molecule has 2 heterocycles. The predicted molar refractivity (Wildman–Crippen MR) is 75.7 cm³/mol. The van der Waals surface area contributed by atoms with Crippen LogP contribution in [0.5, 0.6) is 5.88 Å². The maximum atomic E-state index is 11.3. The molecule has 1 aliphatic heterocycles. The SMILES string of the molecule is Cc1nc2c([nH]1)[C@@H](c1ccccc1[N+](=O)[O-])C(C#N)=C(N)O2. The van der Waals surface area contributed by atoms with Crippen LogP contribution >= 0.6 is 0 Å². The number of nitro groups is 1. The Hall–Kier alpha value is -3.34. The lowest BCUT2D eigenvalue weighted by Gasteiger charge is -2.22. The molecule has 1 atom stereocenters. The molecule has 3 rings (SSSR count). The van der Waals surface area contributed by atoms with Crippen LogP contribution in [0.15, 0.2) is 35.7 Å². The number of imidazole rings is 1. The molecule has 0 amide bonds. The summed E-state index contributed by atoms with van der Waals surface area (Å²) in [6, 6.07) is 8.20. The number of benzene rings is 1. The van der Waals surface area contributed by atoms with E-state index in [1.807, 2.05) is 6.07 Å². The summed E-state index contributed by atoms with van der Waals surface area (Å²) in [5, 5.41) is 20.7. The Bertz CT molecular complexity index is 846. The Morgan fingerprint density at radius 1 is 1.50 bits per heavy atom. The molecule has 0 fully saturated rings. The molecular formula is C14H11N5O3. The quantitative estimate of drug-likeness (QED) is 0.642. The maximum Gasteiger partial charge on any atom is 0.273 e. The van der Waals surface area contributed by atoms with Crippen LogP contribution in [0, 0.1) is 28.4 Å². The minimum atomic E-state index is -0.712. The molecule has 0 saturated carbocycles. The van der Waals surface area contributed by atoms with Crippen LogP contribution in [0.4, 0.5) is 5.69 Å². The molecule has 0 bridgehead atoms. The first-order valence-corrected chi connectivity index (χ1v) is 6.40. The van der Waals surface area contributed by atoms with Crippen molar-refractivity contribution in [2.45, 2.75) is 12.8 Å². The van der Waals surface area contributed by atoms with Gasteiger partial charge in [0.2, 0.25) is 11.8 Å². The highest BCUT2D eigenvalue weighted by Crippen LogP contribution is 2.43. The third-order valence-electron chi connectivity index (χ3n) is 3.43. The van der Waals surface area contributed by atoms with Gasteiger partial charge < -0.3 is 15.5 Å². The van der Waals surface area contributed by atoms with E-state index in [4.69, 9.17) is 10.5 Å². The fourth-order valence-electron chi connectivity index (χ4n) is 2.54. The van der Waals surface area contributed by atoms with E-state index in [0.29, 0.717) is 17.1 Å². The molecule has 1 aromatic heterocycles. The largest absolute Gasteiger partial charge is 0.420 e. The van der Waals surface area contributed by atoms with Crippen molar-refractivity contribution in [3.05, 3.63) is 62.9 Å². The van der Waals surface area contributed by atoms with Crippen molar-refractivity contribution in [3.63, 3.8) is 0 Å². The van der Waals surface area contributed by atoms with Crippen LogP contribution in [0.25, 0.3) is 0 Å².